The summed E-state index contributed by atoms with van der Waals surface area (Å²) in [5, 5.41) is 1.23. The number of hydrogen-bond acceptors (Lipinski definition) is 4. The van der Waals surface area contributed by atoms with Gasteiger partial charge < -0.3 is 14.2 Å². The molecule has 5 rings (SSSR count). The monoisotopic (exact) mass is 462 g/mol. The van der Waals surface area contributed by atoms with Crippen molar-refractivity contribution in [1.29, 1.82) is 0 Å². The predicted octanol–water partition coefficient (Wildman–Crippen LogP) is 4.80. The normalized spacial score (nSPS) is 16.6. The highest BCUT2D eigenvalue weighted by atomic mass is 16.5. The maximum absolute atomic E-state index is 13.4. The Labute approximate surface area is 203 Å². The molecule has 2 aliphatic heterocycles. The molecule has 0 bridgehead atoms. The van der Waals surface area contributed by atoms with Gasteiger partial charge in [0.15, 0.2) is 0 Å². The van der Waals surface area contributed by atoms with E-state index in [2.05, 4.69) is 33.6 Å². The zero-order chi connectivity index (χ0) is 24.1. The van der Waals surface area contributed by atoms with Crippen molar-refractivity contribution >= 4 is 16.8 Å². The summed E-state index contributed by atoms with van der Waals surface area (Å²) >= 11 is 0. The number of amides is 1. The van der Waals surface area contributed by atoms with E-state index >= 15 is 0 Å². The number of carbonyl (C=O) groups is 1. The van der Waals surface area contributed by atoms with Crippen LogP contribution in [0.3, 0.4) is 0 Å². The molecular weight excluding hydrogens is 424 g/mol. The predicted molar refractivity (Wildman–Crippen MR) is 137 cm³/mol. The van der Waals surface area contributed by atoms with Crippen LogP contribution >= 0.6 is 0 Å². The van der Waals surface area contributed by atoms with Crippen molar-refractivity contribution in [2.75, 3.05) is 26.3 Å². The van der Waals surface area contributed by atoms with E-state index in [9.17, 15) is 4.79 Å². The summed E-state index contributed by atoms with van der Waals surface area (Å²) in [5.41, 5.74) is 5.90. The van der Waals surface area contributed by atoms with Crippen molar-refractivity contribution in [1.82, 2.24) is 19.4 Å². The second kappa shape index (κ2) is 11.2. The van der Waals surface area contributed by atoms with Crippen LogP contribution in [0, 0.1) is 0 Å². The average molecular weight is 463 g/mol. The zero-order valence-corrected chi connectivity index (χ0v) is 21.1. The Balaban J connectivity index is 0.00000133. The van der Waals surface area contributed by atoms with E-state index < -0.39 is 0 Å². The lowest BCUT2D eigenvalue weighted by Crippen LogP contribution is -2.42. The number of aryl methyl sites for hydroxylation is 1. The van der Waals surface area contributed by atoms with Gasteiger partial charge in [0.2, 0.25) is 0 Å². The van der Waals surface area contributed by atoms with E-state index in [4.69, 9.17) is 4.74 Å². The number of hydrogen-bond donors (Lipinski definition) is 0. The molecule has 0 radical (unpaired) electrons. The first kappa shape index (κ1) is 24.4. The highest BCUT2D eigenvalue weighted by Crippen LogP contribution is 2.33. The molecule has 6 nitrogen and oxygen atoms in total. The van der Waals surface area contributed by atoms with Gasteiger partial charge in [-0.2, -0.15) is 0 Å². The molecular formula is C28H38N4O2. The maximum Gasteiger partial charge on any atom is 0.254 e. The van der Waals surface area contributed by atoms with E-state index in [0.717, 1.165) is 56.7 Å². The van der Waals surface area contributed by atoms with Gasteiger partial charge in [0.05, 0.1) is 0 Å². The highest BCUT2D eigenvalue weighted by Gasteiger charge is 2.29. The molecule has 34 heavy (non-hydrogen) atoms. The first-order valence-electron chi connectivity index (χ1n) is 12.8. The second-order valence-corrected chi connectivity index (χ2v) is 8.96. The van der Waals surface area contributed by atoms with Gasteiger partial charge in [-0.25, -0.2) is 0 Å². The fourth-order valence-electron chi connectivity index (χ4n) is 5.31. The first-order valence-corrected chi connectivity index (χ1v) is 12.8. The summed E-state index contributed by atoms with van der Waals surface area (Å²) < 4.78 is 7.90. The Morgan fingerprint density at radius 2 is 1.88 bits per heavy atom. The lowest BCUT2D eigenvalue weighted by Gasteiger charge is -2.37. The number of rotatable bonds is 5. The first-order chi connectivity index (χ1) is 16.7. The van der Waals surface area contributed by atoms with Gasteiger partial charge in [-0.05, 0) is 61.2 Å². The quantitative estimate of drug-likeness (QED) is 0.547. The number of ether oxygens (including phenoxy) is 1. The van der Waals surface area contributed by atoms with E-state index in [1.165, 1.54) is 22.2 Å². The number of benzene rings is 1. The van der Waals surface area contributed by atoms with E-state index in [-0.39, 0.29) is 5.91 Å². The number of carbonyl (C=O) groups excluding carboxylic acids is 1. The topological polar surface area (TPSA) is 50.6 Å². The fraction of sp³-hybridized carbons (Fsp3) is 0.500. The fourth-order valence-corrected chi connectivity index (χ4v) is 5.31. The lowest BCUT2D eigenvalue weighted by molar-refractivity contribution is 0.0289. The molecule has 2 aliphatic rings. The Hall–Kier alpha value is -2.70. The average Bonchev–Trinajstić information content (AvgIpc) is 3.19. The smallest absolute Gasteiger partial charge is 0.254 e. The Morgan fingerprint density at radius 1 is 1.15 bits per heavy atom. The molecule has 6 heteroatoms. The van der Waals surface area contributed by atoms with Crippen LogP contribution in [0.4, 0.5) is 0 Å². The Kier molecular flexibility index (Phi) is 8.01. The van der Waals surface area contributed by atoms with Crippen molar-refractivity contribution in [2.24, 2.45) is 7.05 Å². The Morgan fingerprint density at radius 3 is 2.59 bits per heavy atom. The molecule has 2 aromatic heterocycles. The summed E-state index contributed by atoms with van der Waals surface area (Å²) in [6.07, 6.45) is 6.85. The third kappa shape index (κ3) is 4.89. The van der Waals surface area contributed by atoms with Gasteiger partial charge >= 0.3 is 0 Å². The molecule has 1 saturated heterocycles. The third-order valence-electron chi connectivity index (χ3n) is 7.18. The molecule has 1 fully saturated rings. The summed E-state index contributed by atoms with van der Waals surface area (Å²) in [5.74, 6) is 0.0842. The van der Waals surface area contributed by atoms with Gasteiger partial charge in [-0.15, -0.1) is 0 Å². The lowest BCUT2D eigenvalue weighted by atomic mass is 9.99. The third-order valence-corrected chi connectivity index (χ3v) is 7.18. The second-order valence-electron chi connectivity index (χ2n) is 8.96. The number of aromatic nitrogens is 2. The number of pyridine rings is 1. The van der Waals surface area contributed by atoms with Crippen LogP contribution in [-0.2, 0) is 31.3 Å². The minimum atomic E-state index is 0.0842. The van der Waals surface area contributed by atoms with Crippen LogP contribution in [0.2, 0.25) is 0 Å². The van der Waals surface area contributed by atoms with E-state index in [1.54, 1.807) is 12.4 Å². The van der Waals surface area contributed by atoms with E-state index in [0.29, 0.717) is 19.1 Å². The SMILES string of the molecule is CC.CCN(Cc1ccncc1)C(=O)c1ccc2c(c1)c1c(n2C)CCN(C2CCOCC2)C1. The van der Waals surface area contributed by atoms with Crippen molar-refractivity contribution < 1.29 is 9.53 Å². The van der Waals surface area contributed by atoms with E-state index in [1.807, 2.05) is 43.9 Å². The molecule has 182 valence electrons. The molecule has 0 unspecified atom stereocenters. The van der Waals surface area contributed by atoms with Crippen LogP contribution in [0.5, 0.6) is 0 Å². The van der Waals surface area contributed by atoms with Gasteiger partial charge in [-0.1, -0.05) is 13.8 Å². The number of nitrogens with zero attached hydrogens (tertiary/aromatic N) is 4. The summed E-state index contributed by atoms with van der Waals surface area (Å²) in [6.45, 7) is 11.1. The van der Waals surface area contributed by atoms with Crippen molar-refractivity contribution in [3.8, 4) is 0 Å². The van der Waals surface area contributed by atoms with Crippen LogP contribution in [-0.4, -0.2) is 57.6 Å². The number of fused-ring (bicyclic) bond motifs is 3. The van der Waals surface area contributed by atoms with Gasteiger partial charge in [0, 0.05) is 93.5 Å². The van der Waals surface area contributed by atoms with Crippen molar-refractivity contribution in [2.45, 2.75) is 59.2 Å². The Bertz CT molecular complexity index is 1100. The van der Waals surface area contributed by atoms with Crippen LogP contribution in [0.25, 0.3) is 10.9 Å². The summed E-state index contributed by atoms with van der Waals surface area (Å²) in [7, 11) is 2.16. The zero-order valence-electron chi connectivity index (χ0n) is 21.1. The van der Waals surface area contributed by atoms with Crippen LogP contribution in [0.15, 0.2) is 42.7 Å². The summed E-state index contributed by atoms with van der Waals surface area (Å²) in [6, 6.07) is 10.8. The highest BCUT2D eigenvalue weighted by molar-refractivity contribution is 5.99. The minimum Gasteiger partial charge on any atom is -0.381 e. The van der Waals surface area contributed by atoms with Crippen molar-refractivity contribution in [3.05, 3.63) is 65.1 Å². The van der Waals surface area contributed by atoms with Gasteiger partial charge in [-0.3, -0.25) is 14.7 Å². The standard InChI is InChI=1S/C26H32N4O2.C2H6/c1-3-29(17-19-6-11-27-12-7-19)26(31)20-4-5-24-22(16-20)23-18-30(13-8-25(23)28(24)2)21-9-14-32-15-10-21;1-2/h4-7,11-12,16,21H,3,8-10,13-15,17-18H2,1-2H3;1-2H3. The van der Waals surface area contributed by atoms with Gasteiger partial charge in [0.1, 0.15) is 0 Å². The van der Waals surface area contributed by atoms with Gasteiger partial charge in [0.25, 0.3) is 5.91 Å². The summed E-state index contributed by atoms with van der Waals surface area (Å²) in [4.78, 5) is 22.0. The molecule has 0 atom stereocenters. The molecule has 0 aliphatic carbocycles. The molecule has 3 aromatic rings. The largest absolute Gasteiger partial charge is 0.381 e. The maximum atomic E-state index is 13.4. The minimum absolute atomic E-state index is 0.0842. The molecule has 4 heterocycles. The van der Waals surface area contributed by atoms with Crippen LogP contribution in [0.1, 0.15) is 60.8 Å². The van der Waals surface area contributed by atoms with Crippen molar-refractivity contribution in [3.63, 3.8) is 0 Å². The van der Waals surface area contributed by atoms with Crippen LogP contribution < -0.4 is 0 Å². The molecule has 1 amide bonds. The molecule has 0 N–H and O–H groups in total. The molecule has 0 saturated carbocycles. The molecule has 0 spiro atoms. The molecule has 1 aromatic carbocycles.